The maximum Gasteiger partial charge on any atom is 0.342 e. The lowest BCUT2D eigenvalue weighted by Gasteiger charge is -2.08. The number of aromatic nitrogens is 2. The fraction of sp³-hybridized carbons (Fsp3) is 0.444. The van der Waals surface area contributed by atoms with Crippen molar-refractivity contribution in [2.24, 2.45) is 0 Å². The molecule has 0 spiro atoms. The van der Waals surface area contributed by atoms with Crippen LogP contribution in [0.2, 0.25) is 0 Å². The molecule has 9 heteroatoms. The SMILES string of the molecule is CCOC(=O)c1cc(CC)sc1NC(=O)COC(=O)c1cn[nH]c1C(C)C. The Morgan fingerprint density at radius 1 is 1.19 bits per heavy atom. The number of amides is 1. The molecule has 8 nitrogen and oxygen atoms in total. The largest absolute Gasteiger partial charge is 0.462 e. The van der Waals surface area contributed by atoms with Crippen LogP contribution in [0.25, 0.3) is 0 Å². The van der Waals surface area contributed by atoms with E-state index in [0.29, 0.717) is 21.8 Å². The van der Waals surface area contributed by atoms with Gasteiger partial charge in [-0.25, -0.2) is 9.59 Å². The molecule has 0 atom stereocenters. The fourth-order valence-corrected chi connectivity index (χ4v) is 3.34. The van der Waals surface area contributed by atoms with Crippen LogP contribution in [0, 0.1) is 0 Å². The molecule has 0 aliphatic rings. The van der Waals surface area contributed by atoms with Crippen LogP contribution in [0.15, 0.2) is 12.3 Å². The van der Waals surface area contributed by atoms with E-state index >= 15 is 0 Å². The average molecular weight is 393 g/mol. The molecule has 0 aliphatic heterocycles. The van der Waals surface area contributed by atoms with Crippen LogP contribution < -0.4 is 5.32 Å². The lowest BCUT2D eigenvalue weighted by molar-refractivity contribution is -0.119. The van der Waals surface area contributed by atoms with Gasteiger partial charge in [0.25, 0.3) is 5.91 Å². The lowest BCUT2D eigenvalue weighted by Crippen LogP contribution is -2.22. The molecule has 0 bridgehead atoms. The van der Waals surface area contributed by atoms with Gasteiger partial charge in [-0.05, 0) is 25.3 Å². The third-order valence-electron chi connectivity index (χ3n) is 3.68. The second-order valence-corrected chi connectivity index (χ2v) is 7.14. The minimum Gasteiger partial charge on any atom is -0.462 e. The number of esters is 2. The Labute approximate surface area is 161 Å². The quantitative estimate of drug-likeness (QED) is 0.667. The molecule has 0 saturated carbocycles. The molecule has 146 valence electrons. The van der Waals surface area contributed by atoms with Gasteiger partial charge in [0.1, 0.15) is 10.6 Å². The maximum absolute atomic E-state index is 12.2. The Hall–Kier alpha value is -2.68. The lowest BCUT2D eigenvalue weighted by atomic mass is 10.1. The normalized spacial score (nSPS) is 10.7. The number of carbonyl (C=O) groups is 3. The van der Waals surface area contributed by atoms with E-state index in [1.54, 1.807) is 13.0 Å². The first-order valence-corrected chi connectivity index (χ1v) is 9.49. The van der Waals surface area contributed by atoms with E-state index in [0.717, 1.165) is 11.3 Å². The van der Waals surface area contributed by atoms with Crippen LogP contribution in [0.1, 0.15) is 64.9 Å². The predicted molar refractivity (Wildman–Crippen MR) is 101 cm³/mol. The second-order valence-electron chi connectivity index (χ2n) is 6.01. The van der Waals surface area contributed by atoms with Crippen LogP contribution in [-0.2, 0) is 20.7 Å². The zero-order chi connectivity index (χ0) is 20.0. The average Bonchev–Trinajstić information content (AvgIpc) is 3.27. The molecule has 0 radical (unpaired) electrons. The third-order valence-corrected chi connectivity index (χ3v) is 4.88. The van der Waals surface area contributed by atoms with Gasteiger partial charge in [0.15, 0.2) is 6.61 Å². The summed E-state index contributed by atoms with van der Waals surface area (Å²) in [6.07, 6.45) is 2.10. The van der Waals surface area contributed by atoms with Crippen molar-refractivity contribution in [1.82, 2.24) is 10.2 Å². The van der Waals surface area contributed by atoms with E-state index in [4.69, 9.17) is 9.47 Å². The Morgan fingerprint density at radius 2 is 1.89 bits per heavy atom. The topological polar surface area (TPSA) is 110 Å². The standard InChI is InChI=1S/C18H23N3O5S/c1-5-11-7-12(17(23)25-6-2)16(27-11)20-14(22)9-26-18(24)13-8-19-21-15(13)10(3)4/h7-8,10H,5-6,9H2,1-4H3,(H,19,21)(H,20,22). The van der Waals surface area contributed by atoms with Crippen LogP contribution in [0.4, 0.5) is 5.00 Å². The second kappa shape index (κ2) is 9.31. The van der Waals surface area contributed by atoms with E-state index in [1.165, 1.54) is 17.5 Å². The fourth-order valence-electron chi connectivity index (χ4n) is 2.34. The number of nitrogens with zero attached hydrogens (tertiary/aromatic N) is 1. The third kappa shape index (κ3) is 5.16. The van der Waals surface area contributed by atoms with Crippen molar-refractivity contribution in [2.45, 2.75) is 40.0 Å². The molecule has 0 fully saturated rings. The van der Waals surface area contributed by atoms with Gasteiger partial charge in [-0.3, -0.25) is 9.89 Å². The van der Waals surface area contributed by atoms with Crippen LogP contribution in [-0.4, -0.2) is 41.3 Å². The van der Waals surface area contributed by atoms with Gasteiger partial charge in [-0.2, -0.15) is 5.10 Å². The van der Waals surface area contributed by atoms with Gasteiger partial charge in [0.05, 0.1) is 24.1 Å². The highest BCUT2D eigenvalue weighted by Gasteiger charge is 2.21. The number of aromatic amines is 1. The highest BCUT2D eigenvalue weighted by molar-refractivity contribution is 7.16. The number of H-pyrrole nitrogens is 1. The summed E-state index contributed by atoms with van der Waals surface area (Å²) in [6.45, 7) is 7.26. The molecule has 2 rings (SSSR count). The first-order chi connectivity index (χ1) is 12.9. The Bertz CT molecular complexity index is 825. The van der Waals surface area contributed by atoms with Crippen molar-refractivity contribution < 1.29 is 23.9 Å². The van der Waals surface area contributed by atoms with Gasteiger partial charge in [0.2, 0.25) is 0 Å². The van der Waals surface area contributed by atoms with Gasteiger partial charge in [-0.1, -0.05) is 20.8 Å². The zero-order valence-corrected chi connectivity index (χ0v) is 16.6. The zero-order valence-electron chi connectivity index (χ0n) is 15.8. The number of hydrogen-bond acceptors (Lipinski definition) is 7. The van der Waals surface area contributed by atoms with E-state index in [2.05, 4.69) is 15.5 Å². The number of rotatable bonds is 8. The summed E-state index contributed by atoms with van der Waals surface area (Å²) in [4.78, 5) is 37.3. The van der Waals surface area contributed by atoms with Crippen molar-refractivity contribution >= 4 is 34.2 Å². The van der Waals surface area contributed by atoms with Crippen molar-refractivity contribution in [1.29, 1.82) is 0 Å². The number of hydrogen-bond donors (Lipinski definition) is 2. The monoisotopic (exact) mass is 393 g/mol. The number of aryl methyl sites for hydroxylation is 1. The summed E-state index contributed by atoms with van der Waals surface area (Å²) in [5.74, 6) is -1.60. The molecule has 2 aromatic rings. The number of ether oxygens (including phenoxy) is 2. The molecular formula is C18H23N3O5S. The summed E-state index contributed by atoms with van der Waals surface area (Å²) in [5, 5.41) is 9.60. The van der Waals surface area contributed by atoms with Gasteiger partial charge in [-0.15, -0.1) is 11.3 Å². The van der Waals surface area contributed by atoms with Crippen molar-refractivity contribution in [3.63, 3.8) is 0 Å². The van der Waals surface area contributed by atoms with Crippen molar-refractivity contribution in [3.05, 3.63) is 34.0 Å². The summed E-state index contributed by atoms with van der Waals surface area (Å²) >= 11 is 1.29. The molecule has 27 heavy (non-hydrogen) atoms. The van der Waals surface area contributed by atoms with E-state index in [1.807, 2.05) is 20.8 Å². The molecule has 2 aromatic heterocycles. The minimum atomic E-state index is -0.631. The molecule has 0 aromatic carbocycles. The molecule has 2 heterocycles. The number of carbonyl (C=O) groups excluding carboxylic acids is 3. The minimum absolute atomic E-state index is 0.0644. The maximum atomic E-state index is 12.2. The Kier molecular flexibility index (Phi) is 7.12. The first-order valence-electron chi connectivity index (χ1n) is 8.67. The molecular weight excluding hydrogens is 370 g/mol. The van der Waals surface area contributed by atoms with E-state index in [-0.39, 0.29) is 12.5 Å². The van der Waals surface area contributed by atoms with Crippen LogP contribution in [0.3, 0.4) is 0 Å². The highest BCUT2D eigenvalue weighted by atomic mass is 32.1. The summed E-state index contributed by atoms with van der Waals surface area (Å²) in [6, 6.07) is 1.70. The van der Waals surface area contributed by atoms with Gasteiger partial charge in [0, 0.05) is 4.88 Å². The molecule has 2 N–H and O–H groups in total. The first kappa shape index (κ1) is 20.6. The highest BCUT2D eigenvalue weighted by Crippen LogP contribution is 2.29. The van der Waals surface area contributed by atoms with Crippen molar-refractivity contribution in [3.8, 4) is 0 Å². The number of thiophene rings is 1. The van der Waals surface area contributed by atoms with E-state index in [9.17, 15) is 14.4 Å². The summed E-state index contributed by atoms with van der Waals surface area (Å²) in [7, 11) is 0. The summed E-state index contributed by atoms with van der Waals surface area (Å²) < 4.78 is 10.1. The number of anilines is 1. The Balaban J connectivity index is 2.01. The molecule has 0 aliphatic carbocycles. The Morgan fingerprint density at radius 3 is 2.52 bits per heavy atom. The van der Waals surface area contributed by atoms with Gasteiger partial charge < -0.3 is 14.8 Å². The van der Waals surface area contributed by atoms with Crippen molar-refractivity contribution in [2.75, 3.05) is 18.5 Å². The molecule has 1 amide bonds. The van der Waals surface area contributed by atoms with Crippen LogP contribution >= 0.6 is 11.3 Å². The molecule has 0 saturated heterocycles. The van der Waals surface area contributed by atoms with E-state index < -0.39 is 24.5 Å². The smallest absolute Gasteiger partial charge is 0.342 e. The van der Waals surface area contributed by atoms with Crippen LogP contribution in [0.5, 0.6) is 0 Å². The van der Waals surface area contributed by atoms with Gasteiger partial charge >= 0.3 is 11.9 Å². The number of nitrogens with one attached hydrogen (secondary N) is 2. The molecule has 0 unspecified atom stereocenters. The summed E-state index contributed by atoms with van der Waals surface area (Å²) in [5.41, 5.74) is 1.25. The predicted octanol–water partition coefficient (Wildman–Crippen LogP) is 3.13.